The third-order valence-corrected chi connectivity index (χ3v) is 3.71. The maximum absolute atomic E-state index is 12.5. The van der Waals surface area contributed by atoms with Crippen LogP contribution < -0.4 is 4.74 Å². The summed E-state index contributed by atoms with van der Waals surface area (Å²) >= 11 is 0. The van der Waals surface area contributed by atoms with Crippen LogP contribution in [0.15, 0.2) is 18.2 Å². The molecule has 0 spiro atoms. The van der Waals surface area contributed by atoms with Crippen LogP contribution in [0.1, 0.15) is 48.5 Å². The largest absolute Gasteiger partial charge is 0.493 e. The van der Waals surface area contributed by atoms with Gasteiger partial charge in [0.05, 0.1) is 18.7 Å². The number of hydrogen-bond acceptors (Lipinski definition) is 3. The second-order valence-electron chi connectivity index (χ2n) is 5.61. The summed E-state index contributed by atoms with van der Waals surface area (Å²) in [6, 6.07) is 5.88. The van der Waals surface area contributed by atoms with Crippen molar-refractivity contribution in [1.82, 2.24) is 4.90 Å². The Balaban J connectivity index is 2.08. The lowest BCUT2D eigenvalue weighted by molar-refractivity contribution is 0.0911. The minimum Gasteiger partial charge on any atom is -0.493 e. The highest BCUT2D eigenvalue weighted by Crippen LogP contribution is 2.22. The predicted octanol–water partition coefficient (Wildman–Crippen LogP) is 3.45. The van der Waals surface area contributed by atoms with Crippen molar-refractivity contribution in [3.05, 3.63) is 29.3 Å². The summed E-state index contributed by atoms with van der Waals surface area (Å²) in [5.41, 5.74) is 1.85. The third-order valence-electron chi connectivity index (χ3n) is 3.71. The zero-order valence-electron chi connectivity index (χ0n) is 12.7. The van der Waals surface area contributed by atoms with Gasteiger partial charge in [-0.1, -0.05) is 25.0 Å². The quantitative estimate of drug-likeness (QED) is 0.745. The SMILES string of the molecule is CCCOc1ccc(C)cc1C(=O)CN1CCCCC1. The number of rotatable bonds is 6. The summed E-state index contributed by atoms with van der Waals surface area (Å²) in [6.07, 6.45) is 4.66. The number of hydrogen-bond donors (Lipinski definition) is 0. The van der Waals surface area contributed by atoms with Crippen molar-refractivity contribution in [3.63, 3.8) is 0 Å². The molecule has 1 aliphatic heterocycles. The number of nitrogens with zero attached hydrogens (tertiary/aromatic N) is 1. The molecule has 0 atom stereocenters. The van der Waals surface area contributed by atoms with E-state index < -0.39 is 0 Å². The second kappa shape index (κ2) is 7.44. The monoisotopic (exact) mass is 275 g/mol. The Hall–Kier alpha value is -1.35. The molecule has 1 fully saturated rings. The van der Waals surface area contributed by atoms with E-state index >= 15 is 0 Å². The fourth-order valence-electron chi connectivity index (χ4n) is 2.61. The van der Waals surface area contributed by atoms with Gasteiger partial charge < -0.3 is 4.74 Å². The maximum atomic E-state index is 12.5. The van der Waals surface area contributed by atoms with E-state index in [0.717, 1.165) is 36.4 Å². The maximum Gasteiger partial charge on any atom is 0.180 e. The lowest BCUT2D eigenvalue weighted by Gasteiger charge is -2.25. The van der Waals surface area contributed by atoms with Gasteiger partial charge in [-0.3, -0.25) is 9.69 Å². The first-order valence-corrected chi connectivity index (χ1v) is 7.69. The van der Waals surface area contributed by atoms with Crippen LogP contribution in [0, 0.1) is 6.92 Å². The fourth-order valence-corrected chi connectivity index (χ4v) is 2.61. The van der Waals surface area contributed by atoms with Crippen molar-refractivity contribution < 1.29 is 9.53 Å². The van der Waals surface area contributed by atoms with Gasteiger partial charge >= 0.3 is 0 Å². The molecule has 0 saturated carbocycles. The molecule has 1 saturated heterocycles. The lowest BCUT2D eigenvalue weighted by atomic mass is 10.0. The third kappa shape index (κ3) is 4.07. The van der Waals surface area contributed by atoms with Crippen molar-refractivity contribution in [1.29, 1.82) is 0 Å². The first-order chi connectivity index (χ1) is 9.70. The average molecular weight is 275 g/mol. The van der Waals surface area contributed by atoms with Crippen molar-refractivity contribution in [2.24, 2.45) is 0 Å². The summed E-state index contributed by atoms with van der Waals surface area (Å²) in [5.74, 6) is 0.918. The highest BCUT2D eigenvalue weighted by Gasteiger charge is 2.18. The van der Waals surface area contributed by atoms with Crippen molar-refractivity contribution >= 4 is 5.78 Å². The Morgan fingerprint density at radius 2 is 2.00 bits per heavy atom. The minimum atomic E-state index is 0.182. The van der Waals surface area contributed by atoms with E-state index in [1.165, 1.54) is 19.3 Å². The molecule has 110 valence electrons. The van der Waals surface area contributed by atoms with E-state index in [-0.39, 0.29) is 5.78 Å². The van der Waals surface area contributed by atoms with Gasteiger partial charge in [-0.05, 0) is 51.4 Å². The summed E-state index contributed by atoms with van der Waals surface area (Å²) in [7, 11) is 0. The van der Waals surface area contributed by atoms with E-state index in [0.29, 0.717) is 13.2 Å². The van der Waals surface area contributed by atoms with Gasteiger partial charge in [-0.25, -0.2) is 0 Å². The van der Waals surface area contributed by atoms with Crippen LogP contribution in [0.3, 0.4) is 0 Å². The van der Waals surface area contributed by atoms with Crippen LogP contribution in [-0.2, 0) is 0 Å². The van der Waals surface area contributed by atoms with Crippen molar-refractivity contribution in [2.45, 2.75) is 39.5 Å². The number of carbonyl (C=O) groups is 1. The average Bonchev–Trinajstić information content (AvgIpc) is 2.47. The van der Waals surface area contributed by atoms with E-state index in [1.807, 2.05) is 25.1 Å². The Morgan fingerprint density at radius 1 is 1.25 bits per heavy atom. The van der Waals surface area contributed by atoms with Gasteiger partial charge in [-0.2, -0.15) is 0 Å². The van der Waals surface area contributed by atoms with Crippen LogP contribution in [0.25, 0.3) is 0 Å². The topological polar surface area (TPSA) is 29.5 Å². The van der Waals surface area contributed by atoms with Gasteiger partial charge in [-0.15, -0.1) is 0 Å². The number of piperidine rings is 1. The van der Waals surface area contributed by atoms with Gasteiger partial charge in [0, 0.05) is 0 Å². The molecule has 3 nitrogen and oxygen atoms in total. The summed E-state index contributed by atoms with van der Waals surface area (Å²) in [5, 5.41) is 0. The molecular weight excluding hydrogens is 250 g/mol. The summed E-state index contributed by atoms with van der Waals surface area (Å²) in [4.78, 5) is 14.8. The van der Waals surface area contributed by atoms with Gasteiger partial charge in [0.1, 0.15) is 5.75 Å². The normalized spacial score (nSPS) is 16.1. The molecular formula is C17H25NO2. The molecule has 20 heavy (non-hydrogen) atoms. The first-order valence-electron chi connectivity index (χ1n) is 7.69. The second-order valence-corrected chi connectivity index (χ2v) is 5.61. The molecule has 1 aliphatic rings. The number of ether oxygens (including phenoxy) is 1. The van der Waals surface area contributed by atoms with Crippen LogP contribution >= 0.6 is 0 Å². The molecule has 3 heteroatoms. The van der Waals surface area contributed by atoms with Crippen LogP contribution in [0.4, 0.5) is 0 Å². The van der Waals surface area contributed by atoms with Gasteiger partial charge in [0.25, 0.3) is 0 Å². The molecule has 0 unspecified atom stereocenters. The zero-order chi connectivity index (χ0) is 14.4. The Kier molecular flexibility index (Phi) is 5.60. The lowest BCUT2D eigenvalue weighted by Crippen LogP contribution is -2.34. The smallest absolute Gasteiger partial charge is 0.180 e. The number of ketones is 1. The van der Waals surface area contributed by atoms with E-state index in [1.54, 1.807) is 0 Å². The number of Topliss-reactive ketones (excluding diaryl/α,β-unsaturated/α-hetero) is 1. The molecule has 0 radical (unpaired) electrons. The Bertz CT molecular complexity index is 450. The standard InChI is InChI=1S/C17H25NO2/c1-3-11-20-17-8-7-14(2)12-15(17)16(19)13-18-9-5-4-6-10-18/h7-8,12H,3-6,9-11,13H2,1-2H3. The highest BCUT2D eigenvalue weighted by molar-refractivity contribution is 6.00. The van der Waals surface area contributed by atoms with Crippen LogP contribution in [0.2, 0.25) is 0 Å². The molecule has 1 heterocycles. The number of benzene rings is 1. The van der Waals surface area contributed by atoms with E-state index in [9.17, 15) is 4.79 Å². The molecule has 2 rings (SSSR count). The van der Waals surface area contributed by atoms with Crippen molar-refractivity contribution in [3.8, 4) is 5.75 Å². The molecule has 0 bridgehead atoms. The molecule has 0 aliphatic carbocycles. The molecule has 1 aromatic rings. The fraction of sp³-hybridized carbons (Fsp3) is 0.588. The predicted molar refractivity (Wildman–Crippen MR) is 81.6 cm³/mol. The zero-order valence-corrected chi connectivity index (χ0v) is 12.7. The molecule has 1 aromatic carbocycles. The van der Waals surface area contributed by atoms with Crippen molar-refractivity contribution in [2.75, 3.05) is 26.2 Å². The number of carbonyl (C=O) groups excluding carboxylic acids is 1. The van der Waals surface area contributed by atoms with E-state index in [2.05, 4.69) is 11.8 Å². The summed E-state index contributed by atoms with van der Waals surface area (Å²) < 4.78 is 5.71. The Labute approximate surface area is 121 Å². The van der Waals surface area contributed by atoms with Gasteiger partial charge in [0.2, 0.25) is 0 Å². The first kappa shape index (κ1) is 15.0. The number of aryl methyl sites for hydroxylation is 1. The molecule has 0 amide bonds. The van der Waals surface area contributed by atoms with Gasteiger partial charge in [0.15, 0.2) is 5.78 Å². The minimum absolute atomic E-state index is 0.182. The van der Waals surface area contributed by atoms with E-state index in [4.69, 9.17) is 4.74 Å². The van der Waals surface area contributed by atoms with Crippen LogP contribution in [0.5, 0.6) is 5.75 Å². The highest BCUT2D eigenvalue weighted by atomic mass is 16.5. The Morgan fingerprint density at radius 3 is 2.70 bits per heavy atom. The molecule has 0 N–H and O–H groups in total. The molecule has 0 aromatic heterocycles. The number of likely N-dealkylation sites (tertiary alicyclic amines) is 1. The summed E-state index contributed by atoms with van der Waals surface area (Å²) in [6.45, 7) is 7.36. The van der Waals surface area contributed by atoms with Crippen LogP contribution in [-0.4, -0.2) is 36.9 Å².